The molecule has 41 heavy (non-hydrogen) atoms. The van der Waals surface area contributed by atoms with Crippen molar-refractivity contribution in [3.05, 3.63) is 100 Å². The largest absolute Gasteiger partial charge is 0.384 e. The van der Waals surface area contributed by atoms with E-state index in [2.05, 4.69) is 114 Å². The average molecular weight is 551 g/mol. The summed E-state index contributed by atoms with van der Waals surface area (Å²) in [6.07, 6.45) is 12.3. The van der Waals surface area contributed by atoms with E-state index in [4.69, 9.17) is 0 Å². The summed E-state index contributed by atoms with van der Waals surface area (Å²) in [5.41, 5.74) is 10.0. The van der Waals surface area contributed by atoms with Crippen LogP contribution in [0.1, 0.15) is 107 Å². The highest BCUT2D eigenvalue weighted by atomic mass is 15.2. The third-order valence-electron chi connectivity index (χ3n) is 9.03. The molecule has 0 radical (unpaired) electrons. The van der Waals surface area contributed by atoms with Gasteiger partial charge in [0.15, 0.2) is 0 Å². The van der Waals surface area contributed by atoms with Crippen molar-refractivity contribution in [2.75, 3.05) is 13.1 Å². The average Bonchev–Trinajstić information content (AvgIpc) is 2.93. The van der Waals surface area contributed by atoms with E-state index in [1.165, 1.54) is 83.3 Å². The zero-order valence-corrected chi connectivity index (χ0v) is 26.8. The maximum atomic E-state index is 4.55. The molecular weight excluding hydrogens is 496 g/mol. The maximum Gasteiger partial charge on any atom is 0.0433 e. The standard InChI is InChI=1S/C39H54N2/c1-27-17-19-35(23-29(3)31(5)37-24-34(20-18-28(37)2)33-14-11-10-12-15-33)38(22-27)32(6)41-21-13-16-36(26-41)40-30(4)25-39(7,8)9/h17-20,22-24,33,36,40H,3-5,10-16,21,25-26H2,1-2,6-9H3/b35-23-,38-32?/t36-/m0/s1. The van der Waals surface area contributed by atoms with Gasteiger partial charge in [0.2, 0.25) is 0 Å². The number of hydrogen-bond donors (Lipinski definition) is 1. The molecule has 2 nitrogen and oxygen atoms in total. The molecule has 0 aromatic heterocycles. The smallest absolute Gasteiger partial charge is 0.0433 e. The van der Waals surface area contributed by atoms with Crippen LogP contribution in [-0.4, -0.2) is 24.0 Å². The van der Waals surface area contributed by atoms with Gasteiger partial charge in [-0.25, -0.2) is 0 Å². The molecule has 2 heteroatoms. The van der Waals surface area contributed by atoms with Gasteiger partial charge in [0, 0.05) is 35.7 Å². The zero-order valence-electron chi connectivity index (χ0n) is 26.8. The molecule has 2 aromatic carbocycles. The Labute approximate surface area is 250 Å². The molecule has 1 N–H and O–H groups in total. The lowest BCUT2D eigenvalue weighted by Gasteiger charge is -2.37. The molecule has 0 spiro atoms. The minimum Gasteiger partial charge on any atom is -0.384 e. The van der Waals surface area contributed by atoms with E-state index in [1.54, 1.807) is 0 Å². The van der Waals surface area contributed by atoms with Crippen molar-refractivity contribution in [2.45, 2.75) is 105 Å². The quantitative estimate of drug-likeness (QED) is 0.331. The van der Waals surface area contributed by atoms with Crippen LogP contribution in [0.4, 0.5) is 0 Å². The Hall–Kier alpha value is -3.00. The van der Waals surface area contributed by atoms with E-state index in [-0.39, 0.29) is 5.41 Å². The number of benzene rings is 2. The fraction of sp³-hybridized carbons (Fsp3) is 0.487. The molecule has 1 saturated carbocycles. The SMILES string of the molecule is C=C(CC(C)(C)C)N[C@H]1CCCN(C(C)=c2cc(C)cc/c2=C/C(=C)C(=C)c2cc(C3CCCCC3)ccc2C)C1. The van der Waals surface area contributed by atoms with Crippen LogP contribution >= 0.6 is 0 Å². The van der Waals surface area contributed by atoms with Gasteiger partial charge in [-0.2, -0.15) is 0 Å². The minimum absolute atomic E-state index is 0.245. The molecule has 1 saturated heterocycles. The lowest BCUT2D eigenvalue weighted by Crippen LogP contribution is -2.46. The van der Waals surface area contributed by atoms with Crippen molar-refractivity contribution in [1.82, 2.24) is 10.2 Å². The van der Waals surface area contributed by atoms with Crippen LogP contribution in [0.3, 0.4) is 0 Å². The van der Waals surface area contributed by atoms with Crippen molar-refractivity contribution in [1.29, 1.82) is 0 Å². The molecule has 0 unspecified atom stereocenters. The van der Waals surface area contributed by atoms with Gasteiger partial charge in [-0.3, -0.25) is 0 Å². The van der Waals surface area contributed by atoms with E-state index in [1.807, 2.05) is 0 Å². The monoisotopic (exact) mass is 550 g/mol. The summed E-state index contributed by atoms with van der Waals surface area (Å²) >= 11 is 0. The number of piperidine rings is 1. The number of hydrogen-bond acceptors (Lipinski definition) is 2. The molecule has 1 aliphatic carbocycles. The Morgan fingerprint density at radius 2 is 1.68 bits per heavy atom. The molecule has 2 fully saturated rings. The molecule has 1 aliphatic heterocycles. The molecule has 1 atom stereocenters. The van der Waals surface area contributed by atoms with Crippen LogP contribution in [0.2, 0.25) is 0 Å². The Balaban J connectivity index is 1.60. The zero-order chi connectivity index (χ0) is 29.7. The Morgan fingerprint density at radius 1 is 0.951 bits per heavy atom. The molecular formula is C39H54N2. The van der Waals surface area contributed by atoms with Gasteiger partial charge >= 0.3 is 0 Å². The summed E-state index contributed by atoms with van der Waals surface area (Å²) in [6, 6.07) is 14.2. The van der Waals surface area contributed by atoms with Crippen LogP contribution in [-0.2, 0) is 0 Å². The fourth-order valence-electron chi connectivity index (χ4n) is 6.76. The predicted molar refractivity (Wildman–Crippen MR) is 180 cm³/mol. The second-order valence-corrected chi connectivity index (χ2v) is 14.0. The molecule has 220 valence electrons. The maximum absolute atomic E-state index is 4.55. The van der Waals surface area contributed by atoms with Crippen molar-refractivity contribution in [2.24, 2.45) is 5.41 Å². The summed E-state index contributed by atoms with van der Waals surface area (Å²) in [6.45, 7) is 29.0. The number of rotatable bonds is 8. The van der Waals surface area contributed by atoms with E-state index in [0.717, 1.165) is 36.4 Å². The highest BCUT2D eigenvalue weighted by molar-refractivity contribution is 5.87. The number of allylic oxidation sites excluding steroid dienone is 3. The summed E-state index contributed by atoms with van der Waals surface area (Å²) in [7, 11) is 0. The second-order valence-electron chi connectivity index (χ2n) is 14.0. The number of nitrogens with zero attached hydrogens (tertiary/aromatic N) is 1. The van der Waals surface area contributed by atoms with E-state index in [9.17, 15) is 0 Å². The van der Waals surface area contributed by atoms with Crippen LogP contribution in [0.15, 0.2) is 67.4 Å². The van der Waals surface area contributed by atoms with E-state index >= 15 is 0 Å². The minimum atomic E-state index is 0.245. The first-order valence-corrected chi connectivity index (χ1v) is 15.9. The van der Waals surface area contributed by atoms with Crippen molar-refractivity contribution in [3.63, 3.8) is 0 Å². The number of likely N-dealkylation sites (tertiary alicyclic amines) is 1. The van der Waals surface area contributed by atoms with Crippen molar-refractivity contribution < 1.29 is 0 Å². The number of aryl methyl sites for hydroxylation is 2. The summed E-state index contributed by atoms with van der Waals surface area (Å²) in [5, 5.41) is 6.26. The van der Waals surface area contributed by atoms with E-state index < -0.39 is 0 Å². The van der Waals surface area contributed by atoms with E-state index in [0.29, 0.717) is 12.0 Å². The molecule has 0 bridgehead atoms. The Morgan fingerprint density at radius 3 is 2.39 bits per heavy atom. The van der Waals surface area contributed by atoms with Crippen LogP contribution in [0.5, 0.6) is 0 Å². The molecule has 0 amide bonds. The molecule has 2 aromatic rings. The molecule has 2 aliphatic rings. The van der Waals surface area contributed by atoms with Crippen molar-refractivity contribution in [3.8, 4) is 0 Å². The van der Waals surface area contributed by atoms with Crippen LogP contribution in [0.25, 0.3) is 17.3 Å². The number of nitrogens with one attached hydrogen (secondary N) is 1. The first-order valence-electron chi connectivity index (χ1n) is 15.9. The lowest BCUT2D eigenvalue weighted by atomic mass is 9.82. The van der Waals surface area contributed by atoms with Gasteiger partial charge in [0.25, 0.3) is 0 Å². The first-order chi connectivity index (χ1) is 19.4. The second kappa shape index (κ2) is 13.3. The van der Waals surface area contributed by atoms with Crippen LogP contribution < -0.4 is 15.8 Å². The predicted octanol–water partition coefficient (Wildman–Crippen LogP) is 8.53. The topological polar surface area (TPSA) is 15.3 Å². The Kier molecular flexibility index (Phi) is 10.1. The lowest BCUT2D eigenvalue weighted by molar-refractivity contribution is 0.265. The van der Waals surface area contributed by atoms with Crippen LogP contribution in [0, 0.1) is 19.3 Å². The fourth-order valence-corrected chi connectivity index (χ4v) is 6.76. The summed E-state index contributed by atoms with van der Waals surface area (Å²) in [5.74, 6) is 0.683. The van der Waals surface area contributed by atoms with Gasteiger partial charge in [-0.05, 0) is 109 Å². The first kappa shape index (κ1) is 30.9. The van der Waals surface area contributed by atoms with Gasteiger partial charge in [0.05, 0.1) is 0 Å². The van der Waals surface area contributed by atoms with Crippen molar-refractivity contribution >= 4 is 17.3 Å². The third kappa shape index (κ3) is 8.28. The van der Waals surface area contributed by atoms with Gasteiger partial charge < -0.3 is 10.2 Å². The molecule has 1 heterocycles. The normalized spacial score (nSPS) is 19.6. The molecule has 4 rings (SSSR count). The highest BCUT2D eigenvalue weighted by Crippen LogP contribution is 2.35. The Bertz CT molecular complexity index is 1390. The summed E-state index contributed by atoms with van der Waals surface area (Å²) in [4.78, 5) is 2.56. The van der Waals surface area contributed by atoms with Gasteiger partial charge in [0.1, 0.15) is 0 Å². The van der Waals surface area contributed by atoms with Gasteiger partial charge in [-0.1, -0.05) is 95.7 Å². The van der Waals surface area contributed by atoms with Gasteiger partial charge in [-0.15, -0.1) is 0 Å². The highest BCUT2D eigenvalue weighted by Gasteiger charge is 2.22. The summed E-state index contributed by atoms with van der Waals surface area (Å²) < 4.78 is 0. The third-order valence-corrected chi connectivity index (χ3v) is 9.03.